The van der Waals surface area contributed by atoms with E-state index in [9.17, 15) is 4.79 Å². The van der Waals surface area contributed by atoms with Gasteiger partial charge in [0.2, 0.25) is 5.91 Å². The highest BCUT2D eigenvalue weighted by Crippen LogP contribution is 2.29. The van der Waals surface area contributed by atoms with Crippen LogP contribution >= 0.6 is 0 Å². The van der Waals surface area contributed by atoms with Gasteiger partial charge in [0.1, 0.15) is 5.75 Å². The maximum atomic E-state index is 11.6. The van der Waals surface area contributed by atoms with Gasteiger partial charge in [-0.2, -0.15) is 0 Å². The predicted molar refractivity (Wildman–Crippen MR) is 74.3 cm³/mol. The first-order chi connectivity index (χ1) is 8.58. The second kappa shape index (κ2) is 7.01. The molecular weight excluding hydrogens is 228 g/mol. The van der Waals surface area contributed by atoms with E-state index in [-0.39, 0.29) is 5.91 Å². The van der Waals surface area contributed by atoms with Crippen LogP contribution in [0.3, 0.4) is 0 Å². The van der Waals surface area contributed by atoms with E-state index < -0.39 is 0 Å². The zero-order chi connectivity index (χ0) is 13.5. The molecule has 4 heteroatoms. The number of ether oxygens (including phenoxy) is 1. The van der Waals surface area contributed by atoms with Gasteiger partial charge in [0.05, 0.1) is 7.11 Å². The first kappa shape index (κ1) is 14.5. The molecule has 0 aromatic heterocycles. The third kappa shape index (κ3) is 4.04. The summed E-state index contributed by atoms with van der Waals surface area (Å²) in [4.78, 5) is 11.6. The van der Waals surface area contributed by atoms with Crippen LogP contribution in [0.25, 0.3) is 0 Å². The number of nitrogens with one attached hydrogen (secondary N) is 2. The molecule has 1 aromatic carbocycles. The van der Waals surface area contributed by atoms with Crippen molar-refractivity contribution in [2.75, 3.05) is 26.0 Å². The van der Waals surface area contributed by atoms with Crippen LogP contribution in [0.1, 0.15) is 31.7 Å². The molecule has 0 heterocycles. The quantitative estimate of drug-likeness (QED) is 0.815. The summed E-state index contributed by atoms with van der Waals surface area (Å²) in [5.41, 5.74) is 1.92. The summed E-state index contributed by atoms with van der Waals surface area (Å²) in [7, 11) is 3.49. The lowest BCUT2D eigenvalue weighted by Gasteiger charge is -2.14. The van der Waals surface area contributed by atoms with E-state index in [0.717, 1.165) is 17.0 Å². The van der Waals surface area contributed by atoms with Crippen LogP contribution in [0.15, 0.2) is 18.2 Å². The van der Waals surface area contributed by atoms with Gasteiger partial charge in [0, 0.05) is 18.7 Å². The molecule has 1 rings (SSSR count). The molecule has 2 N–H and O–H groups in total. The summed E-state index contributed by atoms with van der Waals surface area (Å²) < 4.78 is 5.31. The molecule has 1 amide bonds. The highest BCUT2D eigenvalue weighted by molar-refractivity contribution is 5.91. The Labute approximate surface area is 109 Å². The number of hydrogen-bond donors (Lipinski definition) is 2. The van der Waals surface area contributed by atoms with Crippen LogP contribution in [-0.4, -0.2) is 26.6 Å². The lowest BCUT2D eigenvalue weighted by molar-refractivity contribution is -0.116. The van der Waals surface area contributed by atoms with Gasteiger partial charge in [0.25, 0.3) is 0 Å². The van der Waals surface area contributed by atoms with Crippen LogP contribution in [0.4, 0.5) is 5.69 Å². The van der Waals surface area contributed by atoms with E-state index >= 15 is 0 Å². The number of amides is 1. The summed E-state index contributed by atoms with van der Waals surface area (Å²) in [6, 6.07) is 5.73. The maximum Gasteiger partial charge on any atom is 0.225 e. The molecule has 0 spiro atoms. The van der Waals surface area contributed by atoms with Crippen molar-refractivity contribution >= 4 is 11.6 Å². The highest BCUT2D eigenvalue weighted by Gasteiger charge is 2.09. The van der Waals surface area contributed by atoms with Gasteiger partial charge in [0.15, 0.2) is 0 Å². The Balaban J connectivity index is 2.78. The number of rotatable bonds is 6. The second-order valence-corrected chi connectivity index (χ2v) is 4.51. The summed E-state index contributed by atoms with van der Waals surface area (Å²) in [5.74, 6) is 1.23. The van der Waals surface area contributed by atoms with Crippen LogP contribution < -0.4 is 15.4 Å². The lowest BCUT2D eigenvalue weighted by Crippen LogP contribution is -2.18. The van der Waals surface area contributed by atoms with Gasteiger partial charge in [-0.05, 0) is 36.7 Å². The molecule has 0 aliphatic heterocycles. The SMILES string of the molecule is CNCCC(=O)Nc1ccc(OC)c(C(C)C)c1. The average Bonchev–Trinajstić information content (AvgIpc) is 2.36. The topological polar surface area (TPSA) is 50.4 Å². The first-order valence-electron chi connectivity index (χ1n) is 6.21. The number of benzene rings is 1. The monoisotopic (exact) mass is 250 g/mol. The van der Waals surface area contributed by atoms with Gasteiger partial charge in [-0.3, -0.25) is 4.79 Å². The fourth-order valence-electron chi connectivity index (χ4n) is 1.73. The van der Waals surface area contributed by atoms with Crippen molar-refractivity contribution < 1.29 is 9.53 Å². The van der Waals surface area contributed by atoms with Crippen molar-refractivity contribution in [3.05, 3.63) is 23.8 Å². The summed E-state index contributed by atoms with van der Waals surface area (Å²) in [5, 5.41) is 5.84. The fourth-order valence-corrected chi connectivity index (χ4v) is 1.73. The average molecular weight is 250 g/mol. The van der Waals surface area contributed by atoms with E-state index in [4.69, 9.17) is 4.74 Å². The molecule has 0 radical (unpaired) electrons. The minimum atomic E-state index is 0.0178. The maximum absolute atomic E-state index is 11.6. The molecule has 0 saturated heterocycles. The summed E-state index contributed by atoms with van der Waals surface area (Å²) >= 11 is 0. The molecular formula is C14H22N2O2. The summed E-state index contributed by atoms with van der Waals surface area (Å²) in [6.07, 6.45) is 0.472. The Morgan fingerprint density at radius 3 is 2.67 bits per heavy atom. The summed E-state index contributed by atoms with van der Waals surface area (Å²) in [6.45, 7) is 4.88. The molecule has 0 unspecified atom stereocenters. The number of anilines is 1. The third-order valence-electron chi connectivity index (χ3n) is 2.74. The van der Waals surface area contributed by atoms with Crippen LogP contribution in [0.5, 0.6) is 5.75 Å². The molecule has 0 bridgehead atoms. The Kier molecular flexibility index (Phi) is 5.65. The molecule has 1 aromatic rings. The molecule has 0 fully saturated rings. The Morgan fingerprint density at radius 1 is 1.39 bits per heavy atom. The van der Waals surface area contributed by atoms with E-state index in [0.29, 0.717) is 18.9 Å². The van der Waals surface area contributed by atoms with Gasteiger partial charge in [-0.1, -0.05) is 13.8 Å². The molecule has 4 nitrogen and oxygen atoms in total. The zero-order valence-electron chi connectivity index (χ0n) is 11.5. The highest BCUT2D eigenvalue weighted by atomic mass is 16.5. The first-order valence-corrected chi connectivity index (χ1v) is 6.21. The number of hydrogen-bond acceptors (Lipinski definition) is 3. The molecule has 0 saturated carbocycles. The largest absolute Gasteiger partial charge is 0.496 e. The standard InChI is InChI=1S/C14H22N2O2/c1-10(2)12-9-11(5-6-13(12)18-4)16-14(17)7-8-15-3/h5-6,9-10,15H,7-8H2,1-4H3,(H,16,17). The van der Waals surface area contributed by atoms with E-state index in [1.807, 2.05) is 25.2 Å². The van der Waals surface area contributed by atoms with Crippen LogP contribution in [0.2, 0.25) is 0 Å². The van der Waals surface area contributed by atoms with Gasteiger partial charge >= 0.3 is 0 Å². The van der Waals surface area contributed by atoms with Gasteiger partial charge in [-0.15, -0.1) is 0 Å². The van der Waals surface area contributed by atoms with Crippen molar-refractivity contribution in [3.63, 3.8) is 0 Å². The molecule has 100 valence electrons. The van der Waals surface area contributed by atoms with Gasteiger partial charge in [-0.25, -0.2) is 0 Å². The van der Waals surface area contributed by atoms with Crippen molar-refractivity contribution in [3.8, 4) is 5.75 Å². The number of carbonyl (C=O) groups is 1. The van der Waals surface area contributed by atoms with Crippen molar-refractivity contribution in [2.24, 2.45) is 0 Å². The molecule has 18 heavy (non-hydrogen) atoms. The van der Waals surface area contributed by atoms with E-state index in [1.165, 1.54) is 0 Å². The smallest absolute Gasteiger partial charge is 0.225 e. The fraction of sp³-hybridized carbons (Fsp3) is 0.500. The molecule has 0 atom stereocenters. The third-order valence-corrected chi connectivity index (χ3v) is 2.74. The molecule has 0 aliphatic carbocycles. The Bertz CT molecular complexity index is 403. The zero-order valence-corrected chi connectivity index (χ0v) is 11.5. The normalized spacial score (nSPS) is 10.5. The Morgan fingerprint density at radius 2 is 2.11 bits per heavy atom. The van der Waals surface area contributed by atoms with Crippen LogP contribution in [-0.2, 0) is 4.79 Å². The Hall–Kier alpha value is -1.55. The minimum absolute atomic E-state index is 0.0178. The molecule has 0 aliphatic rings. The van der Waals surface area contributed by atoms with Crippen molar-refractivity contribution in [1.29, 1.82) is 0 Å². The lowest BCUT2D eigenvalue weighted by atomic mass is 10.0. The minimum Gasteiger partial charge on any atom is -0.496 e. The number of methoxy groups -OCH3 is 1. The number of carbonyl (C=O) groups excluding carboxylic acids is 1. The van der Waals surface area contributed by atoms with E-state index in [2.05, 4.69) is 24.5 Å². The van der Waals surface area contributed by atoms with Crippen molar-refractivity contribution in [1.82, 2.24) is 5.32 Å². The second-order valence-electron chi connectivity index (χ2n) is 4.51. The van der Waals surface area contributed by atoms with Crippen molar-refractivity contribution in [2.45, 2.75) is 26.2 Å². The van der Waals surface area contributed by atoms with Crippen LogP contribution in [0, 0.1) is 0 Å². The van der Waals surface area contributed by atoms with E-state index in [1.54, 1.807) is 7.11 Å². The van der Waals surface area contributed by atoms with Gasteiger partial charge < -0.3 is 15.4 Å². The predicted octanol–water partition coefficient (Wildman–Crippen LogP) is 2.37.